The van der Waals surface area contributed by atoms with Gasteiger partial charge in [0.2, 0.25) is 0 Å². The Hall–Kier alpha value is -3.74. The molecule has 1 heterocycles. The average Bonchev–Trinajstić information content (AvgIpc) is 3.11. The molecular formula is C17H11F3N2O5. The number of amides is 1. The lowest BCUT2D eigenvalue weighted by Crippen LogP contribution is -2.21. The van der Waals surface area contributed by atoms with E-state index >= 15 is 0 Å². The fourth-order valence-electron chi connectivity index (χ4n) is 1.80. The quantitative estimate of drug-likeness (QED) is 0.469. The molecule has 0 fully saturated rings. The van der Waals surface area contributed by atoms with Crippen LogP contribution < -0.4 is 10.1 Å². The molecule has 0 aliphatic carbocycles. The number of furan rings is 1. The number of rotatable bonds is 6. The molecule has 2 rings (SSSR count). The maximum absolute atomic E-state index is 12.1. The van der Waals surface area contributed by atoms with Crippen molar-refractivity contribution in [3.8, 4) is 11.8 Å². The number of ether oxygens (including phenoxy) is 2. The number of halogens is 3. The fourth-order valence-corrected chi connectivity index (χ4v) is 1.80. The summed E-state index contributed by atoms with van der Waals surface area (Å²) in [6, 6.07) is 9.08. The number of carbonyl (C=O) groups excluding carboxylic acids is 2. The minimum absolute atomic E-state index is 0.164. The van der Waals surface area contributed by atoms with E-state index in [0.717, 1.165) is 18.2 Å². The van der Waals surface area contributed by atoms with Crippen molar-refractivity contribution >= 4 is 23.6 Å². The zero-order chi connectivity index (χ0) is 19.9. The predicted octanol–water partition coefficient (Wildman–Crippen LogP) is 3.27. The van der Waals surface area contributed by atoms with E-state index in [2.05, 4.69) is 10.1 Å². The summed E-state index contributed by atoms with van der Waals surface area (Å²) in [7, 11) is 0. The number of nitrogens with one attached hydrogen (secondary N) is 1. The predicted molar refractivity (Wildman–Crippen MR) is 85.0 cm³/mol. The van der Waals surface area contributed by atoms with Crippen LogP contribution in [0, 0.1) is 11.3 Å². The van der Waals surface area contributed by atoms with Crippen LogP contribution in [0.2, 0.25) is 0 Å². The highest BCUT2D eigenvalue weighted by atomic mass is 19.4. The van der Waals surface area contributed by atoms with Crippen LogP contribution in [0.3, 0.4) is 0 Å². The van der Waals surface area contributed by atoms with Gasteiger partial charge in [-0.25, -0.2) is 4.79 Å². The first-order chi connectivity index (χ1) is 12.8. The summed E-state index contributed by atoms with van der Waals surface area (Å²) in [5.41, 5.74) is -0.205. The number of nitriles is 1. The van der Waals surface area contributed by atoms with E-state index in [-0.39, 0.29) is 17.0 Å². The average molecular weight is 380 g/mol. The second-order valence-electron chi connectivity index (χ2n) is 4.88. The molecule has 0 unspecified atom stereocenters. The Bertz CT molecular complexity index is 865. The van der Waals surface area contributed by atoms with Gasteiger partial charge in [0.25, 0.3) is 5.91 Å². The summed E-state index contributed by atoms with van der Waals surface area (Å²) in [5.74, 6) is -1.97. The van der Waals surface area contributed by atoms with Crippen molar-refractivity contribution in [1.29, 1.82) is 5.26 Å². The van der Waals surface area contributed by atoms with Crippen molar-refractivity contribution in [3.63, 3.8) is 0 Å². The van der Waals surface area contributed by atoms with Crippen LogP contribution in [0.4, 0.5) is 18.9 Å². The molecule has 0 bridgehead atoms. The summed E-state index contributed by atoms with van der Waals surface area (Å²) in [6.07, 6.45) is -2.31. The summed E-state index contributed by atoms with van der Waals surface area (Å²) in [5, 5.41) is 11.3. The van der Waals surface area contributed by atoms with Crippen molar-refractivity contribution in [2.75, 3.05) is 11.9 Å². The maximum atomic E-state index is 12.1. The number of anilines is 1. The van der Waals surface area contributed by atoms with Gasteiger partial charge in [0.15, 0.2) is 6.61 Å². The van der Waals surface area contributed by atoms with Crippen LogP contribution >= 0.6 is 0 Å². The van der Waals surface area contributed by atoms with Crippen molar-refractivity contribution in [2.24, 2.45) is 0 Å². The Morgan fingerprint density at radius 2 is 1.93 bits per heavy atom. The van der Waals surface area contributed by atoms with Crippen molar-refractivity contribution in [1.82, 2.24) is 0 Å². The number of carbonyl (C=O) groups is 2. The summed E-state index contributed by atoms with van der Waals surface area (Å²) in [6.45, 7) is -0.698. The lowest BCUT2D eigenvalue weighted by atomic mass is 10.2. The number of hydrogen-bond acceptors (Lipinski definition) is 6. The zero-order valence-corrected chi connectivity index (χ0v) is 13.4. The van der Waals surface area contributed by atoms with Gasteiger partial charge in [-0.3, -0.25) is 4.79 Å². The smallest absolute Gasteiger partial charge is 0.465 e. The van der Waals surface area contributed by atoms with Crippen molar-refractivity contribution < 1.29 is 36.7 Å². The molecule has 27 heavy (non-hydrogen) atoms. The van der Waals surface area contributed by atoms with Gasteiger partial charge >= 0.3 is 12.3 Å². The standard InChI is InChI=1S/C17H11F3N2O5/c18-17(19,20)27-13-5-3-12(4-6-13)22-15(23)10-26-16(24)11(9-21)8-14-2-1-7-25-14/h1-8H,10H2,(H,22,23). The largest absolute Gasteiger partial charge is 0.573 e. The molecule has 0 aliphatic rings. The van der Waals surface area contributed by atoms with Crippen LogP contribution in [-0.2, 0) is 14.3 Å². The molecule has 140 valence electrons. The van der Waals surface area contributed by atoms with Crippen LogP contribution in [0.5, 0.6) is 5.75 Å². The molecule has 1 N–H and O–H groups in total. The molecule has 2 aromatic rings. The molecule has 0 saturated carbocycles. The molecule has 7 nitrogen and oxygen atoms in total. The van der Waals surface area contributed by atoms with Crippen molar-refractivity contribution in [3.05, 3.63) is 54.0 Å². The second-order valence-corrected chi connectivity index (χ2v) is 4.88. The molecule has 0 aliphatic heterocycles. The van der Waals surface area contributed by atoms with Gasteiger partial charge in [-0.1, -0.05) is 0 Å². The van der Waals surface area contributed by atoms with E-state index in [1.54, 1.807) is 12.1 Å². The molecule has 1 aromatic carbocycles. The van der Waals surface area contributed by atoms with Crippen LogP contribution in [0.25, 0.3) is 6.08 Å². The summed E-state index contributed by atoms with van der Waals surface area (Å²) in [4.78, 5) is 23.5. The van der Waals surface area contributed by atoms with E-state index in [1.165, 1.54) is 24.5 Å². The first-order valence-corrected chi connectivity index (χ1v) is 7.25. The normalized spacial score (nSPS) is 11.4. The Labute approximate surface area is 150 Å². The van der Waals surface area contributed by atoms with Crippen LogP contribution in [0.15, 0.2) is 52.7 Å². The monoisotopic (exact) mass is 380 g/mol. The minimum Gasteiger partial charge on any atom is -0.465 e. The van der Waals surface area contributed by atoms with E-state index in [1.807, 2.05) is 0 Å². The van der Waals surface area contributed by atoms with Crippen LogP contribution in [0.1, 0.15) is 5.76 Å². The van der Waals surface area contributed by atoms with Gasteiger partial charge in [0.1, 0.15) is 23.2 Å². The van der Waals surface area contributed by atoms with Gasteiger partial charge in [-0.05, 0) is 36.4 Å². The van der Waals surface area contributed by atoms with E-state index in [9.17, 15) is 22.8 Å². The Balaban J connectivity index is 1.87. The molecular weight excluding hydrogens is 369 g/mol. The first-order valence-electron chi connectivity index (χ1n) is 7.25. The van der Waals surface area contributed by atoms with Crippen molar-refractivity contribution in [2.45, 2.75) is 6.36 Å². The minimum atomic E-state index is -4.82. The molecule has 0 saturated heterocycles. The van der Waals surface area contributed by atoms with Gasteiger partial charge < -0.3 is 19.2 Å². The highest BCUT2D eigenvalue weighted by Gasteiger charge is 2.30. The third-order valence-corrected chi connectivity index (χ3v) is 2.88. The highest BCUT2D eigenvalue weighted by molar-refractivity contribution is 5.99. The third-order valence-electron chi connectivity index (χ3n) is 2.88. The van der Waals surface area contributed by atoms with E-state index in [4.69, 9.17) is 14.4 Å². The highest BCUT2D eigenvalue weighted by Crippen LogP contribution is 2.23. The Kier molecular flexibility index (Phi) is 6.22. The molecule has 1 amide bonds. The Morgan fingerprint density at radius 3 is 2.48 bits per heavy atom. The number of alkyl halides is 3. The van der Waals surface area contributed by atoms with Crippen LogP contribution in [-0.4, -0.2) is 24.8 Å². The maximum Gasteiger partial charge on any atom is 0.573 e. The summed E-state index contributed by atoms with van der Waals surface area (Å²) >= 11 is 0. The Morgan fingerprint density at radius 1 is 1.22 bits per heavy atom. The zero-order valence-electron chi connectivity index (χ0n) is 13.4. The topological polar surface area (TPSA) is 102 Å². The van der Waals surface area contributed by atoms with E-state index < -0.39 is 30.6 Å². The van der Waals surface area contributed by atoms with Gasteiger partial charge in [0.05, 0.1) is 6.26 Å². The molecule has 1 aromatic heterocycles. The molecule has 10 heteroatoms. The van der Waals surface area contributed by atoms with Gasteiger partial charge in [-0.15, -0.1) is 13.2 Å². The number of esters is 1. The van der Waals surface area contributed by atoms with E-state index in [0.29, 0.717) is 0 Å². The second kappa shape index (κ2) is 8.57. The first kappa shape index (κ1) is 19.6. The van der Waals surface area contributed by atoms with Gasteiger partial charge in [-0.2, -0.15) is 5.26 Å². The molecule has 0 radical (unpaired) electrons. The summed E-state index contributed by atoms with van der Waals surface area (Å²) < 4.78 is 49.6. The van der Waals surface area contributed by atoms with Gasteiger partial charge in [0, 0.05) is 11.8 Å². The molecule has 0 atom stereocenters. The number of benzene rings is 1. The molecule has 0 spiro atoms. The lowest BCUT2D eigenvalue weighted by Gasteiger charge is -2.10. The number of nitrogens with zero attached hydrogens (tertiary/aromatic N) is 1. The third kappa shape index (κ3) is 6.58. The lowest BCUT2D eigenvalue weighted by molar-refractivity contribution is -0.274. The SMILES string of the molecule is N#CC(=Cc1ccco1)C(=O)OCC(=O)Nc1ccc(OC(F)(F)F)cc1. The number of hydrogen-bond donors (Lipinski definition) is 1. The fraction of sp³-hybridized carbons (Fsp3) is 0.118.